The number of halogens is 1. The first-order valence-corrected chi connectivity index (χ1v) is 6.92. The van der Waals surface area contributed by atoms with Gasteiger partial charge in [0.15, 0.2) is 0 Å². The molecule has 1 aromatic heterocycles. The maximum Gasteiger partial charge on any atom is 0.241 e. The summed E-state index contributed by atoms with van der Waals surface area (Å²) in [5.74, 6) is 1.63. The normalized spacial score (nSPS) is 16.7. The average molecular weight is 283 g/mol. The highest BCUT2D eigenvalue weighted by Gasteiger charge is 2.22. The van der Waals surface area contributed by atoms with Gasteiger partial charge >= 0.3 is 0 Å². The first-order chi connectivity index (χ1) is 9.02. The second kappa shape index (κ2) is 5.74. The van der Waals surface area contributed by atoms with Gasteiger partial charge in [-0.15, -0.1) is 0 Å². The van der Waals surface area contributed by atoms with E-state index in [9.17, 15) is 4.79 Å². The molecule has 0 spiro atoms. The Balaban J connectivity index is 2.35. The van der Waals surface area contributed by atoms with E-state index in [2.05, 4.69) is 9.97 Å². The largest absolute Gasteiger partial charge is 0.347 e. The minimum Gasteiger partial charge on any atom is -0.347 e. The number of aryl methyl sites for hydroxylation is 1. The van der Waals surface area contributed by atoms with Gasteiger partial charge in [-0.25, -0.2) is 9.97 Å². The molecule has 19 heavy (non-hydrogen) atoms. The van der Waals surface area contributed by atoms with E-state index in [1.165, 1.54) is 0 Å². The number of hydrogen-bond donors (Lipinski definition) is 0. The van der Waals surface area contributed by atoms with Crippen molar-refractivity contribution >= 4 is 23.3 Å². The molecule has 6 heteroatoms. The number of nitrogens with zero attached hydrogens (tertiary/aromatic N) is 4. The molecule has 2 rings (SSSR count). The summed E-state index contributed by atoms with van der Waals surface area (Å²) in [5.41, 5.74) is 0.844. The van der Waals surface area contributed by atoms with Gasteiger partial charge in [-0.3, -0.25) is 4.79 Å². The SMILES string of the molecule is CCc1nc(Cl)c(C)c(N2CCCN(C)C(=O)C2)n1. The monoisotopic (exact) mass is 282 g/mol. The molecule has 0 aromatic carbocycles. The molecule has 1 saturated heterocycles. The van der Waals surface area contributed by atoms with Crippen LogP contribution in [0.4, 0.5) is 5.82 Å². The van der Waals surface area contributed by atoms with Crippen LogP contribution in [-0.4, -0.2) is 47.5 Å². The molecule has 0 bridgehead atoms. The lowest BCUT2D eigenvalue weighted by Gasteiger charge is -2.23. The smallest absolute Gasteiger partial charge is 0.241 e. The molecule has 1 aromatic rings. The summed E-state index contributed by atoms with van der Waals surface area (Å²) < 4.78 is 0. The van der Waals surface area contributed by atoms with Gasteiger partial charge in [-0.05, 0) is 13.3 Å². The zero-order valence-corrected chi connectivity index (χ0v) is 12.4. The number of aromatic nitrogens is 2. The summed E-state index contributed by atoms with van der Waals surface area (Å²) in [6.07, 6.45) is 1.67. The van der Waals surface area contributed by atoms with Crippen LogP contribution in [0.5, 0.6) is 0 Å². The summed E-state index contributed by atoms with van der Waals surface area (Å²) in [6, 6.07) is 0. The number of amides is 1. The molecule has 1 amide bonds. The fraction of sp³-hybridized carbons (Fsp3) is 0.615. The summed E-state index contributed by atoms with van der Waals surface area (Å²) in [6.45, 7) is 5.84. The molecule has 1 aliphatic heterocycles. The number of anilines is 1. The van der Waals surface area contributed by atoms with Crippen molar-refractivity contribution in [2.75, 3.05) is 31.6 Å². The lowest BCUT2D eigenvalue weighted by molar-refractivity contribution is -0.127. The molecule has 2 heterocycles. The zero-order chi connectivity index (χ0) is 14.0. The van der Waals surface area contributed by atoms with Crippen molar-refractivity contribution in [3.05, 3.63) is 16.5 Å². The van der Waals surface area contributed by atoms with Crippen molar-refractivity contribution in [1.29, 1.82) is 0 Å². The molecular weight excluding hydrogens is 264 g/mol. The lowest BCUT2D eigenvalue weighted by atomic mass is 10.3. The van der Waals surface area contributed by atoms with Crippen molar-refractivity contribution in [2.24, 2.45) is 0 Å². The second-order valence-corrected chi connectivity index (χ2v) is 5.18. The van der Waals surface area contributed by atoms with Gasteiger partial charge in [-0.2, -0.15) is 0 Å². The van der Waals surface area contributed by atoms with Gasteiger partial charge in [0, 0.05) is 32.1 Å². The van der Waals surface area contributed by atoms with Crippen LogP contribution >= 0.6 is 11.6 Å². The van der Waals surface area contributed by atoms with Crippen molar-refractivity contribution in [3.8, 4) is 0 Å². The molecule has 1 fully saturated rings. The van der Waals surface area contributed by atoms with Crippen LogP contribution in [0, 0.1) is 6.92 Å². The van der Waals surface area contributed by atoms with Crippen LogP contribution in [0.3, 0.4) is 0 Å². The third kappa shape index (κ3) is 2.97. The fourth-order valence-electron chi connectivity index (χ4n) is 2.15. The third-order valence-electron chi connectivity index (χ3n) is 3.40. The highest BCUT2D eigenvalue weighted by molar-refractivity contribution is 6.30. The highest BCUT2D eigenvalue weighted by Crippen LogP contribution is 2.24. The van der Waals surface area contributed by atoms with Gasteiger partial charge in [0.1, 0.15) is 16.8 Å². The minimum absolute atomic E-state index is 0.115. The molecule has 0 N–H and O–H groups in total. The highest BCUT2D eigenvalue weighted by atomic mass is 35.5. The van der Waals surface area contributed by atoms with Gasteiger partial charge in [0.05, 0.1) is 6.54 Å². The predicted molar refractivity (Wildman–Crippen MR) is 75.6 cm³/mol. The predicted octanol–water partition coefficient (Wildman–Crippen LogP) is 1.67. The average Bonchev–Trinajstić information content (AvgIpc) is 2.55. The van der Waals surface area contributed by atoms with E-state index in [-0.39, 0.29) is 5.91 Å². The number of carbonyl (C=O) groups is 1. The molecule has 5 nitrogen and oxygen atoms in total. The second-order valence-electron chi connectivity index (χ2n) is 4.82. The van der Waals surface area contributed by atoms with Gasteiger partial charge in [0.25, 0.3) is 0 Å². The van der Waals surface area contributed by atoms with Crippen molar-refractivity contribution < 1.29 is 4.79 Å². The lowest BCUT2D eigenvalue weighted by Crippen LogP contribution is -2.35. The van der Waals surface area contributed by atoms with Crippen LogP contribution in [0.1, 0.15) is 24.7 Å². The number of carbonyl (C=O) groups excluding carboxylic acids is 1. The van der Waals surface area contributed by atoms with Crippen LogP contribution in [0.2, 0.25) is 5.15 Å². The maximum atomic E-state index is 12.0. The Morgan fingerprint density at radius 3 is 2.74 bits per heavy atom. The number of likely N-dealkylation sites (N-methyl/N-ethyl adjacent to an activating group) is 1. The van der Waals surface area contributed by atoms with E-state index < -0.39 is 0 Å². The van der Waals surface area contributed by atoms with E-state index in [4.69, 9.17) is 11.6 Å². The third-order valence-corrected chi connectivity index (χ3v) is 3.76. The number of rotatable bonds is 2. The maximum absolute atomic E-state index is 12.0. The molecule has 0 radical (unpaired) electrons. The van der Waals surface area contributed by atoms with Crippen LogP contribution in [0.15, 0.2) is 0 Å². The Morgan fingerprint density at radius 1 is 1.32 bits per heavy atom. The molecule has 1 aliphatic rings. The van der Waals surface area contributed by atoms with Gasteiger partial charge < -0.3 is 9.80 Å². The van der Waals surface area contributed by atoms with Crippen molar-refractivity contribution in [2.45, 2.75) is 26.7 Å². The Kier molecular flexibility index (Phi) is 4.24. The molecular formula is C13H19ClN4O. The van der Waals surface area contributed by atoms with Gasteiger partial charge in [-0.1, -0.05) is 18.5 Å². The summed E-state index contributed by atoms with van der Waals surface area (Å²) in [4.78, 5) is 24.5. The Bertz CT molecular complexity index is 492. The van der Waals surface area contributed by atoms with E-state index in [0.717, 1.165) is 43.1 Å². The van der Waals surface area contributed by atoms with Crippen LogP contribution < -0.4 is 4.90 Å². The molecule has 0 saturated carbocycles. The van der Waals surface area contributed by atoms with E-state index in [0.29, 0.717) is 11.7 Å². The quantitative estimate of drug-likeness (QED) is 0.774. The standard InChI is InChI=1S/C13H19ClN4O/c1-4-10-15-12(14)9(2)13(16-10)18-7-5-6-17(3)11(19)8-18/h4-8H2,1-3H3. The van der Waals surface area contributed by atoms with Crippen molar-refractivity contribution in [1.82, 2.24) is 14.9 Å². The molecule has 0 aliphatic carbocycles. The number of hydrogen-bond acceptors (Lipinski definition) is 4. The Morgan fingerprint density at radius 2 is 2.05 bits per heavy atom. The minimum atomic E-state index is 0.115. The first-order valence-electron chi connectivity index (χ1n) is 6.54. The van der Waals surface area contributed by atoms with Crippen LogP contribution in [0.25, 0.3) is 0 Å². The first kappa shape index (κ1) is 14.1. The molecule has 104 valence electrons. The van der Waals surface area contributed by atoms with E-state index in [1.54, 1.807) is 4.90 Å². The Labute approximate surface area is 118 Å². The molecule has 0 unspecified atom stereocenters. The van der Waals surface area contributed by atoms with Crippen molar-refractivity contribution in [3.63, 3.8) is 0 Å². The zero-order valence-electron chi connectivity index (χ0n) is 11.6. The fourth-order valence-corrected chi connectivity index (χ4v) is 2.34. The molecule has 0 atom stereocenters. The summed E-state index contributed by atoms with van der Waals surface area (Å²) in [5, 5.41) is 0.479. The summed E-state index contributed by atoms with van der Waals surface area (Å²) >= 11 is 6.15. The summed E-state index contributed by atoms with van der Waals surface area (Å²) in [7, 11) is 1.84. The van der Waals surface area contributed by atoms with E-state index >= 15 is 0 Å². The topological polar surface area (TPSA) is 49.3 Å². The Hall–Kier alpha value is -1.36. The van der Waals surface area contributed by atoms with E-state index in [1.807, 2.05) is 25.8 Å². The van der Waals surface area contributed by atoms with Crippen LogP contribution in [-0.2, 0) is 11.2 Å². The van der Waals surface area contributed by atoms with Gasteiger partial charge in [0.2, 0.25) is 5.91 Å².